The summed E-state index contributed by atoms with van der Waals surface area (Å²) in [5.74, 6) is 0.538. The summed E-state index contributed by atoms with van der Waals surface area (Å²) in [6.07, 6.45) is 0. The average molecular weight is 273 g/mol. The zero-order valence-electron chi connectivity index (χ0n) is 11.3. The van der Waals surface area contributed by atoms with Gasteiger partial charge in [-0.2, -0.15) is 0 Å². The first-order valence-corrected chi connectivity index (χ1v) is 7.65. The second kappa shape index (κ2) is 6.13. The third-order valence-corrected chi connectivity index (χ3v) is 4.64. The molecule has 0 aliphatic rings. The maximum atomic E-state index is 12.4. The molecular formula is C16H19NOS. The molecule has 0 saturated carbocycles. The molecule has 0 aliphatic heterocycles. The molecule has 0 spiro atoms. The van der Waals surface area contributed by atoms with Crippen LogP contribution in [0.4, 0.5) is 0 Å². The molecule has 0 aliphatic carbocycles. The van der Waals surface area contributed by atoms with Gasteiger partial charge in [0.15, 0.2) is 0 Å². The first kappa shape index (κ1) is 14.0. The van der Waals surface area contributed by atoms with E-state index in [1.165, 1.54) is 11.1 Å². The van der Waals surface area contributed by atoms with E-state index in [9.17, 15) is 4.21 Å². The molecule has 0 radical (unpaired) electrons. The normalized spacial score (nSPS) is 12.4. The van der Waals surface area contributed by atoms with Crippen LogP contribution in [0.5, 0.6) is 0 Å². The maximum absolute atomic E-state index is 12.4. The van der Waals surface area contributed by atoms with Gasteiger partial charge >= 0.3 is 0 Å². The van der Waals surface area contributed by atoms with Crippen molar-refractivity contribution in [2.24, 2.45) is 5.73 Å². The topological polar surface area (TPSA) is 43.1 Å². The first-order valence-electron chi connectivity index (χ1n) is 6.33. The van der Waals surface area contributed by atoms with Crippen molar-refractivity contribution >= 4 is 10.8 Å². The summed E-state index contributed by atoms with van der Waals surface area (Å²) in [5.41, 5.74) is 10.2. The quantitative estimate of drug-likeness (QED) is 0.930. The summed E-state index contributed by atoms with van der Waals surface area (Å²) in [5, 5.41) is 0. The molecule has 0 aromatic heterocycles. The second-order valence-electron chi connectivity index (χ2n) is 4.76. The van der Waals surface area contributed by atoms with Crippen molar-refractivity contribution in [3.8, 4) is 0 Å². The number of nitrogens with two attached hydrogens (primary N) is 1. The van der Waals surface area contributed by atoms with Crippen LogP contribution in [-0.4, -0.2) is 4.21 Å². The molecule has 2 aromatic carbocycles. The monoisotopic (exact) mass is 273 g/mol. The lowest BCUT2D eigenvalue weighted by molar-refractivity contribution is 0.682. The summed E-state index contributed by atoms with van der Waals surface area (Å²) in [6, 6.07) is 14.0. The molecule has 2 aromatic rings. The van der Waals surface area contributed by atoms with Gasteiger partial charge in [0.2, 0.25) is 0 Å². The van der Waals surface area contributed by atoms with E-state index in [4.69, 9.17) is 5.73 Å². The number of rotatable bonds is 4. The predicted octanol–water partition coefficient (Wildman–Crippen LogP) is 3.07. The van der Waals surface area contributed by atoms with E-state index >= 15 is 0 Å². The summed E-state index contributed by atoms with van der Waals surface area (Å²) < 4.78 is 12.4. The highest BCUT2D eigenvalue weighted by atomic mass is 32.2. The Bertz CT molecular complexity index is 607. The van der Waals surface area contributed by atoms with Gasteiger partial charge in [-0.1, -0.05) is 30.3 Å². The predicted molar refractivity (Wildman–Crippen MR) is 80.4 cm³/mol. The zero-order valence-corrected chi connectivity index (χ0v) is 12.2. The van der Waals surface area contributed by atoms with Gasteiger partial charge in [-0.25, -0.2) is 0 Å². The largest absolute Gasteiger partial charge is 0.326 e. The Morgan fingerprint density at radius 2 is 1.74 bits per heavy atom. The molecule has 19 heavy (non-hydrogen) atoms. The van der Waals surface area contributed by atoms with Crippen LogP contribution in [0.25, 0.3) is 0 Å². The third-order valence-electron chi connectivity index (χ3n) is 3.27. The Morgan fingerprint density at radius 3 is 2.42 bits per heavy atom. The van der Waals surface area contributed by atoms with Gasteiger partial charge in [-0.15, -0.1) is 0 Å². The molecule has 1 unspecified atom stereocenters. The van der Waals surface area contributed by atoms with Crippen molar-refractivity contribution < 1.29 is 4.21 Å². The fraction of sp³-hybridized carbons (Fsp3) is 0.250. The van der Waals surface area contributed by atoms with Crippen LogP contribution in [0.15, 0.2) is 47.4 Å². The Hall–Kier alpha value is -1.45. The molecular weight excluding hydrogens is 254 g/mol. The fourth-order valence-corrected chi connectivity index (χ4v) is 3.11. The van der Waals surface area contributed by atoms with Crippen LogP contribution in [0, 0.1) is 13.8 Å². The third kappa shape index (κ3) is 3.52. The van der Waals surface area contributed by atoms with Gasteiger partial charge in [0, 0.05) is 11.4 Å². The van der Waals surface area contributed by atoms with Crippen molar-refractivity contribution in [2.45, 2.75) is 31.0 Å². The molecule has 2 nitrogen and oxygen atoms in total. The second-order valence-corrected chi connectivity index (χ2v) is 6.21. The van der Waals surface area contributed by atoms with Crippen LogP contribution >= 0.6 is 0 Å². The number of aryl methyl sites for hydroxylation is 2. The molecule has 0 saturated heterocycles. The highest BCUT2D eigenvalue weighted by molar-refractivity contribution is 7.84. The van der Waals surface area contributed by atoms with E-state index < -0.39 is 10.8 Å². The molecule has 0 amide bonds. The highest BCUT2D eigenvalue weighted by Crippen LogP contribution is 2.17. The van der Waals surface area contributed by atoms with Gasteiger partial charge in [0.05, 0.1) is 16.6 Å². The number of benzene rings is 2. The maximum Gasteiger partial charge on any atom is 0.0574 e. The van der Waals surface area contributed by atoms with Crippen molar-refractivity contribution in [1.82, 2.24) is 0 Å². The minimum absolute atomic E-state index is 0.518. The summed E-state index contributed by atoms with van der Waals surface area (Å²) in [7, 11) is -1.00. The zero-order chi connectivity index (χ0) is 13.8. The molecule has 0 bridgehead atoms. The smallest absolute Gasteiger partial charge is 0.0574 e. The minimum Gasteiger partial charge on any atom is -0.326 e. The van der Waals surface area contributed by atoms with E-state index in [2.05, 4.69) is 6.92 Å². The minimum atomic E-state index is -1.00. The standard InChI is InChI=1S/C16H19NOS/c1-12-6-7-16(8-13(12)2)19(18)11-15-5-3-4-14(9-15)10-17/h3-9H,10-11,17H2,1-2H3. The lowest BCUT2D eigenvalue weighted by Gasteiger charge is -2.07. The van der Waals surface area contributed by atoms with Gasteiger partial charge in [0.1, 0.15) is 0 Å². The molecule has 2 rings (SSSR count). The van der Waals surface area contributed by atoms with Crippen molar-refractivity contribution in [3.05, 3.63) is 64.7 Å². The van der Waals surface area contributed by atoms with Gasteiger partial charge in [-0.05, 0) is 48.2 Å². The van der Waals surface area contributed by atoms with Crippen LogP contribution < -0.4 is 5.73 Å². The Labute approximate surface area is 117 Å². The van der Waals surface area contributed by atoms with Crippen LogP contribution in [0.1, 0.15) is 22.3 Å². The van der Waals surface area contributed by atoms with Gasteiger partial charge in [0.25, 0.3) is 0 Å². The average Bonchev–Trinajstić information content (AvgIpc) is 2.42. The van der Waals surface area contributed by atoms with E-state index in [1.807, 2.05) is 49.4 Å². The van der Waals surface area contributed by atoms with Crippen molar-refractivity contribution in [3.63, 3.8) is 0 Å². The van der Waals surface area contributed by atoms with Crippen LogP contribution in [0.3, 0.4) is 0 Å². The SMILES string of the molecule is Cc1ccc(S(=O)Cc2cccc(CN)c2)cc1C. The summed E-state index contributed by atoms with van der Waals surface area (Å²) >= 11 is 0. The van der Waals surface area contributed by atoms with Crippen LogP contribution in [0.2, 0.25) is 0 Å². The van der Waals surface area contributed by atoms with Crippen molar-refractivity contribution in [2.75, 3.05) is 0 Å². The van der Waals surface area contributed by atoms with Gasteiger partial charge < -0.3 is 5.73 Å². The lowest BCUT2D eigenvalue weighted by atomic mass is 10.1. The molecule has 0 heterocycles. The molecule has 0 fully saturated rings. The molecule has 100 valence electrons. The van der Waals surface area contributed by atoms with Gasteiger partial charge in [-0.3, -0.25) is 4.21 Å². The summed E-state index contributed by atoms with van der Waals surface area (Å²) in [4.78, 5) is 0.890. The number of hydrogen-bond donors (Lipinski definition) is 1. The molecule has 3 heteroatoms. The fourth-order valence-electron chi connectivity index (χ4n) is 1.94. The summed E-state index contributed by atoms with van der Waals surface area (Å²) in [6.45, 7) is 4.63. The van der Waals surface area contributed by atoms with Crippen LogP contribution in [-0.2, 0) is 23.1 Å². The van der Waals surface area contributed by atoms with E-state index in [0.29, 0.717) is 12.3 Å². The molecule has 2 N–H and O–H groups in total. The Balaban J connectivity index is 2.18. The molecule has 1 atom stereocenters. The first-order chi connectivity index (χ1) is 9.10. The Morgan fingerprint density at radius 1 is 1.00 bits per heavy atom. The van der Waals surface area contributed by atoms with E-state index in [-0.39, 0.29) is 0 Å². The van der Waals surface area contributed by atoms with E-state index in [0.717, 1.165) is 16.0 Å². The number of hydrogen-bond acceptors (Lipinski definition) is 2. The Kier molecular flexibility index (Phi) is 4.51. The van der Waals surface area contributed by atoms with Crippen molar-refractivity contribution in [1.29, 1.82) is 0 Å². The lowest BCUT2D eigenvalue weighted by Crippen LogP contribution is -2.00. The highest BCUT2D eigenvalue weighted by Gasteiger charge is 2.06. The van der Waals surface area contributed by atoms with E-state index in [1.54, 1.807) is 0 Å².